The molecule has 1 fully saturated rings. The van der Waals surface area contributed by atoms with E-state index in [0.29, 0.717) is 6.54 Å². The van der Waals surface area contributed by atoms with Gasteiger partial charge in [-0.1, -0.05) is 31.9 Å². The molecule has 0 aromatic heterocycles. The quantitative estimate of drug-likeness (QED) is 0.727. The summed E-state index contributed by atoms with van der Waals surface area (Å²) in [6, 6.07) is 4.17. The van der Waals surface area contributed by atoms with Crippen LogP contribution >= 0.6 is 31.9 Å². The number of nitrogens with zero attached hydrogens (tertiary/aromatic N) is 1. The molecule has 1 atom stereocenters. The van der Waals surface area contributed by atoms with Crippen LogP contribution in [0.25, 0.3) is 0 Å². The highest BCUT2D eigenvalue weighted by molar-refractivity contribution is 9.10. The lowest BCUT2D eigenvalue weighted by molar-refractivity contribution is -0.133. The van der Waals surface area contributed by atoms with E-state index in [-0.39, 0.29) is 10.7 Å². The predicted octanol–water partition coefficient (Wildman–Crippen LogP) is 3.27. The molecule has 5 heteroatoms. The number of alkyl halides is 1. The van der Waals surface area contributed by atoms with Crippen molar-refractivity contribution >= 4 is 37.8 Å². The number of carbonyl (C=O) groups is 1. The lowest BCUT2D eigenvalue weighted by Gasteiger charge is -2.30. The summed E-state index contributed by atoms with van der Waals surface area (Å²) in [5.41, 5.74) is 2.35. The van der Waals surface area contributed by atoms with E-state index >= 15 is 0 Å². The van der Waals surface area contributed by atoms with Crippen molar-refractivity contribution < 1.29 is 9.53 Å². The minimum atomic E-state index is -0.0256. The van der Waals surface area contributed by atoms with Crippen molar-refractivity contribution in [1.29, 1.82) is 0 Å². The van der Waals surface area contributed by atoms with Crippen molar-refractivity contribution in [3.8, 4) is 5.75 Å². The molecule has 1 aromatic rings. The minimum absolute atomic E-state index is 0.0256. The third kappa shape index (κ3) is 2.68. The molecule has 1 unspecified atom stereocenters. The van der Waals surface area contributed by atoms with Crippen LogP contribution in [0, 0.1) is 0 Å². The van der Waals surface area contributed by atoms with Crippen molar-refractivity contribution in [2.45, 2.75) is 30.6 Å². The summed E-state index contributed by atoms with van der Waals surface area (Å²) in [5, 5.41) is 0. The number of ether oxygens (including phenoxy) is 1. The van der Waals surface area contributed by atoms with Gasteiger partial charge in [0.2, 0.25) is 5.91 Å². The van der Waals surface area contributed by atoms with Crippen LogP contribution in [0.1, 0.15) is 24.0 Å². The Bertz CT molecular complexity index is 518. The van der Waals surface area contributed by atoms with Gasteiger partial charge in [0.25, 0.3) is 0 Å². The van der Waals surface area contributed by atoms with Crippen LogP contribution in [0.15, 0.2) is 16.6 Å². The first-order valence-electron chi connectivity index (χ1n) is 6.52. The van der Waals surface area contributed by atoms with Gasteiger partial charge in [0.05, 0.1) is 11.4 Å². The lowest BCUT2D eigenvalue weighted by atomic mass is 10.1. The molecule has 0 N–H and O–H groups in total. The Morgan fingerprint density at radius 3 is 3.11 bits per heavy atom. The second kappa shape index (κ2) is 5.44. The largest absolute Gasteiger partial charge is 0.493 e. The molecule has 3 rings (SSSR count). The van der Waals surface area contributed by atoms with Crippen LogP contribution in [0.5, 0.6) is 5.75 Å². The molecule has 0 radical (unpaired) electrons. The molecule has 0 spiro atoms. The fraction of sp³-hybridized carbons (Fsp3) is 0.500. The first-order chi connectivity index (χ1) is 9.15. The molecule has 2 aliphatic heterocycles. The van der Waals surface area contributed by atoms with E-state index < -0.39 is 0 Å². The van der Waals surface area contributed by atoms with E-state index in [1.807, 2.05) is 4.90 Å². The molecule has 2 aliphatic rings. The van der Waals surface area contributed by atoms with E-state index in [1.165, 1.54) is 5.56 Å². The summed E-state index contributed by atoms with van der Waals surface area (Å²) >= 11 is 6.99. The normalized spacial score (nSPS) is 22.3. The van der Waals surface area contributed by atoms with Crippen LogP contribution in [-0.4, -0.2) is 28.8 Å². The fourth-order valence-electron chi connectivity index (χ4n) is 2.72. The van der Waals surface area contributed by atoms with E-state index in [4.69, 9.17) is 4.74 Å². The van der Waals surface area contributed by atoms with Gasteiger partial charge >= 0.3 is 0 Å². The molecule has 0 bridgehead atoms. The van der Waals surface area contributed by atoms with Crippen molar-refractivity contribution in [1.82, 2.24) is 4.90 Å². The second-order valence-corrected chi connectivity index (χ2v) is 7.04. The number of carbonyl (C=O) groups excluding carboxylic acids is 1. The van der Waals surface area contributed by atoms with E-state index in [9.17, 15) is 4.79 Å². The van der Waals surface area contributed by atoms with Gasteiger partial charge in [-0.05, 0) is 30.5 Å². The van der Waals surface area contributed by atoms with Crippen molar-refractivity contribution in [2.24, 2.45) is 0 Å². The number of hydrogen-bond donors (Lipinski definition) is 0. The Balaban J connectivity index is 1.85. The van der Waals surface area contributed by atoms with Crippen LogP contribution in [0.4, 0.5) is 0 Å². The smallest absolute Gasteiger partial charge is 0.236 e. The van der Waals surface area contributed by atoms with Gasteiger partial charge in [0.1, 0.15) is 5.75 Å². The summed E-state index contributed by atoms with van der Waals surface area (Å²) in [6.45, 7) is 2.22. The van der Waals surface area contributed by atoms with E-state index in [2.05, 4.69) is 44.0 Å². The molecular weight excluding hydrogens is 374 g/mol. The third-order valence-electron chi connectivity index (χ3n) is 3.65. The Kier molecular flexibility index (Phi) is 3.85. The van der Waals surface area contributed by atoms with Crippen LogP contribution < -0.4 is 4.74 Å². The molecule has 19 heavy (non-hydrogen) atoms. The van der Waals surface area contributed by atoms with E-state index in [1.54, 1.807) is 0 Å². The lowest BCUT2D eigenvalue weighted by Crippen LogP contribution is -2.41. The summed E-state index contributed by atoms with van der Waals surface area (Å²) < 4.78 is 6.78. The summed E-state index contributed by atoms with van der Waals surface area (Å²) in [4.78, 5) is 14.0. The maximum Gasteiger partial charge on any atom is 0.236 e. The van der Waals surface area contributed by atoms with E-state index in [0.717, 1.165) is 48.2 Å². The first-order valence-corrected chi connectivity index (χ1v) is 8.23. The number of amides is 1. The molecule has 0 aliphatic carbocycles. The van der Waals surface area contributed by atoms with Crippen LogP contribution in [0.3, 0.4) is 0 Å². The van der Waals surface area contributed by atoms with Crippen LogP contribution in [0.2, 0.25) is 0 Å². The molecule has 1 saturated heterocycles. The van der Waals surface area contributed by atoms with Gasteiger partial charge in [-0.2, -0.15) is 0 Å². The third-order valence-corrected chi connectivity index (χ3v) is 4.96. The summed E-state index contributed by atoms with van der Waals surface area (Å²) in [6.07, 6.45) is 2.94. The fourth-order valence-corrected chi connectivity index (χ4v) is 3.89. The highest BCUT2D eigenvalue weighted by Gasteiger charge is 2.28. The van der Waals surface area contributed by atoms with Crippen molar-refractivity contribution in [2.75, 3.05) is 13.2 Å². The molecule has 1 aromatic carbocycles. The number of hydrogen-bond acceptors (Lipinski definition) is 2. The number of fused-ring (bicyclic) bond motifs is 1. The van der Waals surface area contributed by atoms with Crippen LogP contribution in [-0.2, 0) is 17.8 Å². The Labute approximate surface area is 129 Å². The molecule has 2 heterocycles. The van der Waals surface area contributed by atoms with Gasteiger partial charge in [-0.25, -0.2) is 0 Å². The molecule has 102 valence electrons. The van der Waals surface area contributed by atoms with Gasteiger partial charge in [0.15, 0.2) is 0 Å². The SMILES string of the molecule is O=C1C(Br)CCCN1Cc1cc(Br)cc2c1OCC2. The zero-order valence-corrected chi connectivity index (χ0v) is 13.7. The summed E-state index contributed by atoms with van der Waals surface area (Å²) in [5.74, 6) is 1.17. The highest BCUT2D eigenvalue weighted by Crippen LogP contribution is 2.34. The zero-order valence-electron chi connectivity index (χ0n) is 10.5. The number of benzene rings is 1. The molecule has 3 nitrogen and oxygen atoms in total. The maximum atomic E-state index is 12.1. The maximum absolute atomic E-state index is 12.1. The predicted molar refractivity (Wildman–Crippen MR) is 80.7 cm³/mol. The van der Waals surface area contributed by atoms with Crippen molar-refractivity contribution in [3.63, 3.8) is 0 Å². The Morgan fingerprint density at radius 2 is 2.26 bits per heavy atom. The number of halogens is 2. The van der Waals surface area contributed by atoms with Gasteiger partial charge in [0, 0.05) is 29.5 Å². The van der Waals surface area contributed by atoms with Crippen molar-refractivity contribution in [3.05, 3.63) is 27.7 Å². The Hall–Kier alpha value is -0.550. The number of likely N-dealkylation sites (tertiary alicyclic amines) is 1. The standard InChI is InChI=1S/C14H15Br2NO2/c15-11-6-9-3-5-19-13(9)10(7-11)8-17-4-1-2-12(16)14(17)18/h6-7,12H,1-5,8H2. The number of piperidine rings is 1. The molecular formula is C14H15Br2NO2. The first kappa shape index (κ1) is 13.4. The second-order valence-electron chi connectivity index (χ2n) is 5.02. The van der Waals surface area contributed by atoms with Gasteiger partial charge in [-0.15, -0.1) is 0 Å². The monoisotopic (exact) mass is 387 g/mol. The molecule has 1 amide bonds. The minimum Gasteiger partial charge on any atom is -0.493 e. The topological polar surface area (TPSA) is 29.5 Å². The average molecular weight is 389 g/mol. The highest BCUT2D eigenvalue weighted by atomic mass is 79.9. The zero-order chi connectivity index (χ0) is 13.4. The number of rotatable bonds is 2. The Morgan fingerprint density at radius 1 is 1.42 bits per heavy atom. The average Bonchev–Trinajstić information content (AvgIpc) is 2.83. The summed E-state index contributed by atoms with van der Waals surface area (Å²) in [7, 11) is 0. The molecule has 0 saturated carbocycles. The van der Waals surface area contributed by atoms with Gasteiger partial charge in [-0.3, -0.25) is 4.79 Å². The van der Waals surface area contributed by atoms with Gasteiger partial charge < -0.3 is 9.64 Å².